The van der Waals surface area contributed by atoms with Gasteiger partial charge in [0.2, 0.25) is 0 Å². The lowest BCUT2D eigenvalue weighted by atomic mass is 9.83. The number of rotatable bonds is 3. The average molecular weight is 290 g/mol. The SMILES string of the molecule is CC1(CNC(=O)c2cccc3c2OCCO3)CCCNC1. The van der Waals surface area contributed by atoms with Gasteiger partial charge in [0.1, 0.15) is 13.2 Å². The van der Waals surface area contributed by atoms with E-state index in [1.807, 2.05) is 12.1 Å². The Labute approximate surface area is 125 Å². The zero-order valence-corrected chi connectivity index (χ0v) is 12.4. The Morgan fingerprint density at radius 2 is 2.24 bits per heavy atom. The van der Waals surface area contributed by atoms with Crippen LogP contribution >= 0.6 is 0 Å². The van der Waals surface area contributed by atoms with E-state index in [0.717, 1.165) is 25.9 Å². The number of hydrogen-bond acceptors (Lipinski definition) is 4. The van der Waals surface area contributed by atoms with Crippen molar-refractivity contribution in [3.05, 3.63) is 23.8 Å². The molecule has 1 unspecified atom stereocenters. The number of piperidine rings is 1. The van der Waals surface area contributed by atoms with E-state index >= 15 is 0 Å². The smallest absolute Gasteiger partial charge is 0.255 e. The van der Waals surface area contributed by atoms with E-state index in [1.165, 1.54) is 0 Å². The van der Waals surface area contributed by atoms with Gasteiger partial charge >= 0.3 is 0 Å². The maximum atomic E-state index is 12.4. The van der Waals surface area contributed by atoms with Gasteiger partial charge in [-0.3, -0.25) is 4.79 Å². The van der Waals surface area contributed by atoms with Crippen molar-refractivity contribution in [2.45, 2.75) is 19.8 Å². The monoisotopic (exact) mass is 290 g/mol. The summed E-state index contributed by atoms with van der Waals surface area (Å²) in [6.45, 7) is 5.91. The third-order valence-corrected chi connectivity index (χ3v) is 4.17. The van der Waals surface area contributed by atoms with Crippen LogP contribution in [0, 0.1) is 5.41 Å². The highest BCUT2D eigenvalue weighted by molar-refractivity contribution is 5.97. The molecule has 0 aromatic heterocycles. The standard InChI is InChI=1S/C16H22N2O3/c1-16(6-3-7-17-10-16)11-18-15(19)12-4-2-5-13-14(12)21-9-8-20-13/h2,4-5,17H,3,6-11H2,1H3,(H,18,19). The molecule has 114 valence electrons. The van der Waals surface area contributed by atoms with Crippen LogP contribution in [0.25, 0.3) is 0 Å². The fraction of sp³-hybridized carbons (Fsp3) is 0.562. The zero-order chi connectivity index (χ0) is 14.7. The summed E-state index contributed by atoms with van der Waals surface area (Å²) in [7, 11) is 0. The highest BCUT2D eigenvalue weighted by Crippen LogP contribution is 2.33. The first kappa shape index (κ1) is 14.2. The zero-order valence-electron chi connectivity index (χ0n) is 12.4. The number of carbonyl (C=O) groups excluding carboxylic acids is 1. The molecule has 1 aromatic carbocycles. The van der Waals surface area contributed by atoms with Crippen molar-refractivity contribution in [3.8, 4) is 11.5 Å². The molecule has 5 heteroatoms. The average Bonchev–Trinajstić information content (AvgIpc) is 2.53. The molecule has 0 spiro atoms. The van der Waals surface area contributed by atoms with Crippen LogP contribution in [0.3, 0.4) is 0 Å². The molecule has 5 nitrogen and oxygen atoms in total. The van der Waals surface area contributed by atoms with Crippen molar-refractivity contribution in [1.82, 2.24) is 10.6 Å². The number of carbonyl (C=O) groups is 1. The molecule has 0 aliphatic carbocycles. The molecular weight excluding hydrogens is 268 g/mol. The Balaban J connectivity index is 1.68. The van der Waals surface area contributed by atoms with Gasteiger partial charge in [-0.15, -0.1) is 0 Å². The Hall–Kier alpha value is -1.75. The van der Waals surface area contributed by atoms with Crippen molar-refractivity contribution in [2.75, 3.05) is 32.8 Å². The number of para-hydroxylation sites is 1. The summed E-state index contributed by atoms with van der Waals surface area (Å²) < 4.78 is 11.1. The molecule has 2 aliphatic rings. The predicted octanol–water partition coefficient (Wildman–Crippen LogP) is 1.58. The Morgan fingerprint density at radius 1 is 1.38 bits per heavy atom. The summed E-state index contributed by atoms with van der Waals surface area (Å²) in [6, 6.07) is 5.44. The van der Waals surface area contributed by atoms with E-state index in [0.29, 0.717) is 36.8 Å². The molecule has 3 rings (SSSR count). The summed E-state index contributed by atoms with van der Waals surface area (Å²) in [5.74, 6) is 1.12. The minimum Gasteiger partial charge on any atom is -0.486 e. The molecule has 1 fully saturated rings. The van der Waals surface area contributed by atoms with Crippen LogP contribution in [0.1, 0.15) is 30.1 Å². The first-order valence-electron chi connectivity index (χ1n) is 7.56. The Kier molecular flexibility index (Phi) is 4.01. The highest BCUT2D eigenvalue weighted by atomic mass is 16.6. The van der Waals surface area contributed by atoms with Crippen LogP contribution < -0.4 is 20.1 Å². The molecule has 1 amide bonds. The van der Waals surface area contributed by atoms with E-state index in [1.54, 1.807) is 6.07 Å². The lowest BCUT2D eigenvalue weighted by Crippen LogP contribution is -2.45. The van der Waals surface area contributed by atoms with Gasteiger partial charge in [-0.1, -0.05) is 13.0 Å². The molecule has 1 aromatic rings. The lowest BCUT2D eigenvalue weighted by molar-refractivity contribution is 0.0914. The second kappa shape index (κ2) is 5.93. The van der Waals surface area contributed by atoms with Crippen LogP contribution in [-0.2, 0) is 0 Å². The molecule has 1 atom stereocenters. The molecule has 2 N–H and O–H groups in total. The third-order valence-electron chi connectivity index (χ3n) is 4.17. The first-order chi connectivity index (χ1) is 10.2. The topological polar surface area (TPSA) is 59.6 Å². The molecular formula is C16H22N2O3. The normalized spacial score (nSPS) is 24.4. The Morgan fingerprint density at radius 3 is 3.05 bits per heavy atom. The maximum Gasteiger partial charge on any atom is 0.255 e. The van der Waals surface area contributed by atoms with Crippen LogP contribution in [0.15, 0.2) is 18.2 Å². The van der Waals surface area contributed by atoms with Gasteiger partial charge in [-0.25, -0.2) is 0 Å². The first-order valence-corrected chi connectivity index (χ1v) is 7.56. The fourth-order valence-electron chi connectivity index (χ4n) is 2.91. The van der Waals surface area contributed by atoms with Crippen LogP contribution in [0.2, 0.25) is 0 Å². The molecule has 21 heavy (non-hydrogen) atoms. The van der Waals surface area contributed by atoms with Crippen LogP contribution in [0.5, 0.6) is 11.5 Å². The third kappa shape index (κ3) is 3.13. The van der Waals surface area contributed by atoms with Crippen LogP contribution in [-0.4, -0.2) is 38.8 Å². The molecule has 0 radical (unpaired) electrons. The van der Waals surface area contributed by atoms with E-state index < -0.39 is 0 Å². The van der Waals surface area contributed by atoms with Crippen LogP contribution in [0.4, 0.5) is 0 Å². The summed E-state index contributed by atoms with van der Waals surface area (Å²) in [4.78, 5) is 12.4. The maximum absolute atomic E-state index is 12.4. The van der Waals surface area contributed by atoms with Crippen molar-refractivity contribution in [1.29, 1.82) is 0 Å². The van der Waals surface area contributed by atoms with Gasteiger partial charge in [-0.05, 0) is 36.9 Å². The molecule has 0 bridgehead atoms. The van der Waals surface area contributed by atoms with Gasteiger partial charge < -0.3 is 20.1 Å². The minimum absolute atomic E-state index is 0.0934. The predicted molar refractivity (Wildman–Crippen MR) is 80.0 cm³/mol. The number of amides is 1. The van der Waals surface area contributed by atoms with Gasteiger partial charge in [-0.2, -0.15) is 0 Å². The minimum atomic E-state index is -0.0934. The van der Waals surface area contributed by atoms with Crippen molar-refractivity contribution >= 4 is 5.91 Å². The molecule has 2 aliphatic heterocycles. The quantitative estimate of drug-likeness (QED) is 0.887. The van der Waals surface area contributed by atoms with Gasteiger partial charge in [0, 0.05) is 13.1 Å². The highest BCUT2D eigenvalue weighted by Gasteiger charge is 2.28. The lowest BCUT2D eigenvalue weighted by Gasteiger charge is -2.34. The summed E-state index contributed by atoms with van der Waals surface area (Å²) >= 11 is 0. The van der Waals surface area contributed by atoms with E-state index in [4.69, 9.17) is 9.47 Å². The Bertz CT molecular complexity index is 524. The van der Waals surface area contributed by atoms with E-state index in [9.17, 15) is 4.79 Å². The largest absolute Gasteiger partial charge is 0.486 e. The van der Waals surface area contributed by atoms with Gasteiger partial charge in [0.15, 0.2) is 11.5 Å². The molecule has 1 saturated heterocycles. The fourth-order valence-corrected chi connectivity index (χ4v) is 2.91. The number of nitrogens with one attached hydrogen (secondary N) is 2. The van der Waals surface area contributed by atoms with E-state index in [-0.39, 0.29) is 11.3 Å². The van der Waals surface area contributed by atoms with Crippen molar-refractivity contribution < 1.29 is 14.3 Å². The number of hydrogen-bond donors (Lipinski definition) is 2. The summed E-state index contributed by atoms with van der Waals surface area (Å²) in [5, 5.41) is 6.44. The second-order valence-electron chi connectivity index (χ2n) is 6.10. The van der Waals surface area contributed by atoms with Crippen molar-refractivity contribution in [2.24, 2.45) is 5.41 Å². The molecule has 2 heterocycles. The second-order valence-corrected chi connectivity index (χ2v) is 6.10. The van der Waals surface area contributed by atoms with Crippen molar-refractivity contribution in [3.63, 3.8) is 0 Å². The van der Waals surface area contributed by atoms with E-state index in [2.05, 4.69) is 17.6 Å². The summed E-state index contributed by atoms with van der Waals surface area (Å²) in [6.07, 6.45) is 2.29. The van der Waals surface area contributed by atoms with Gasteiger partial charge in [0.25, 0.3) is 5.91 Å². The van der Waals surface area contributed by atoms with Gasteiger partial charge in [0.05, 0.1) is 5.56 Å². The number of fused-ring (bicyclic) bond motifs is 1. The molecule has 0 saturated carbocycles. The summed E-state index contributed by atoms with van der Waals surface area (Å²) in [5.41, 5.74) is 0.680. The number of ether oxygens (including phenoxy) is 2. The number of benzene rings is 1.